The van der Waals surface area contributed by atoms with Gasteiger partial charge in [0.25, 0.3) is 0 Å². The molecule has 0 saturated heterocycles. The molecule has 0 aliphatic rings. The van der Waals surface area contributed by atoms with Crippen LogP contribution in [0.5, 0.6) is 5.75 Å². The summed E-state index contributed by atoms with van der Waals surface area (Å²) in [6.45, 7) is 7.39. The minimum absolute atomic E-state index is 0.816. The maximum absolute atomic E-state index is 5.85. The van der Waals surface area contributed by atoms with Crippen LogP contribution in [0, 0.1) is 13.8 Å². The summed E-state index contributed by atoms with van der Waals surface area (Å²) in [5.41, 5.74) is 3.95. The van der Waals surface area contributed by atoms with Gasteiger partial charge in [0.2, 0.25) is 0 Å². The quantitative estimate of drug-likeness (QED) is 0.706. The lowest BCUT2D eigenvalue weighted by Crippen LogP contribution is -2.84. The van der Waals surface area contributed by atoms with E-state index in [2.05, 4.69) is 67.7 Å². The zero-order valence-corrected chi connectivity index (χ0v) is 13.8. The fourth-order valence-corrected chi connectivity index (χ4v) is 2.59. The van der Waals surface area contributed by atoms with Gasteiger partial charge in [0.1, 0.15) is 5.75 Å². The first kappa shape index (κ1) is 16.6. The van der Waals surface area contributed by atoms with Crippen LogP contribution in [-0.4, -0.2) is 19.7 Å². The Morgan fingerprint density at radius 3 is 2.50 bits per heavy atom. The molecule has 0 aliphatic heterocycles. The highest BCUT2D eigenvalue weighted by atomic mass is 16.5. The number of unbranched alkanes of at least 4 members (excludes halogenated alkanes) is 1. The van der Waals surface area contributed by atoms with E-state index in [0.717, 1.165) is 25.2 Å². The first-order valence-electron chi connectivity index (χ1n) is 8.31. The van der Waals surface area contributed by atoms with Gasteiger partial charge in [-0.3, -0.25) is 0 Å². The molecule has 0 aromatic heterocycles. The van der Waals surface area contributed by atoms with Gasteiger partial charge in [0, 0.05) is 6.42 Å². The minimum atomic E-state index is 0.816. The lowest BCUT2D eigenvalue weighted by molar-refractivity contribution is -0.654. The van der Waals surface area contributed by atoms with Crippen LogP contribution in [0.3, 0.4) is 0 Å². The minimum Gasteiger partial charge on any atom is -0.493 e. The van der Waals surface area contributed by atoms with Crippen LogP contribution in [0.25, 0.3) is 0 Å². The van der Waals surface area contributed by atoms with Crippen molar-refractivity contribution in [1.29, 1.82) is 0 Å². The Bertz CT molecular complexity index is 551. The molecule has 0 spiro atoms. The van der Waals surface area contributed by atoms with Gasteiger partial charge in [-0.2, -0.15) is 0 Å². The van der Waals surface area contributed by atoms with Crippen LogP contribution in [0.4, 0.5) is 0 Å². The first-order chi connectivity index (χ1) is 10.8. The van der Waals surface area contributed by atoms with E-state index in [1.54, 1.807) is 0 Å². The molecule has 0 amide bonds. The van der Waals surface area contributed by atoms with E-state index >= 15 is 0 Å². The molecular formula is C20H28NO+. The van der Waals surface area contributed by atoms with Crippen LogP contribution >= 0.6 is 0 Å². The third-order valence-electron chi connectivity index (χ3n) is 3.87. The van der Waals surface area contributed by atoms with Gasteiger partial charge >= 0.3 is 0 Å². The standard InChI is InChI=1S/C20H27NO/c1-17-10-11-20(18(2)16-17)22-15-7-6-13-21-14-12-19-8-4-3-5-9-19/h3-5,8-11,16,21H,6-7,12-15H2,1-2H3/p+1. The second-order valence-electron chi connectivity index (χ2n) is 5.93. The van der Waals surface area contributed by atoms with E-state index in [0.29, 0.717) is 0 Å². The van der Waals surface area contributed by atoms with Crippen molar-refractivity contribution in [2.75, 3.05) is 19.7 Å². The van der Waals surface area contributed by atoms with Crippen molar-refractivity contribution in [3.63, 3.8) is 0 Å². The number of hydrogen-bond donors (Lipinski definition) is 1. The van der Waals surface area contributed by atoms with Gasteiger partial charge in [-0.05, 0) is 43.9 Å². The summed E-state index contributed by atoms with van der Waals surface area (Å²) in [4.78, 5) is 0. The molecule has 2 N–H and O–H groups in total. The predicted octanol–water partition coefficient (Wildman–Crippen LogP) is 3.27. The molecule has 2 aromatic carbocycles. The number of hydrogen-bond acceptors (Lipinski definition) is 1. The SMILES string of the molecule is Cc1ccc(OCCCC[NH2+]CCc2ccccc2)c(C)c1. The zero-order valence-electron chi connectivity index (χ0n) is 13.8. The number of ether oxygens (including phenoxy) is 1. The molecular weight excluding hydrogens is 270 g/mol. The third kappa shape index (κ3) is 5.90. The summed E-state index contributed by atoms with van der Waals surface area (Å²) in [6.07, 6.45) is 3.48. The molecule has 118 valence electrons. The van der Waals surface area contributed by atoms with Gasteiger partial charge < -0.3 is 10.1 Å². The van der Waals surface area contributed by atoms with Crippen molar-refractivity contribution < 1.29 is 10.1 Å². The fourth-order valence-electron chi connectivity index (χ4n) is 2.59. The molecule has 0 heterocycles. The van der Waals surface area contributed by atoms with E-state index in [-0.39, 0.29) is 0 Å². The number of quaternary nitrogens is 1. The second kappa shape index (κ2) is 9.26. The lowest BCUT2D eigenvalue weighted by atomic mass is 10.1. The Hall–Kier alpha value is -1.80. The molecule has 0 radical (unpaired) electrons. The largest absolute Gasteiger partial charge is 0.493 e. The van der Waals surface area contributed by atoms with Crippen molar-refractivity contribution in [2.45, 2.75) is 33.1 Å². The summed E-state index contributed by atoms with van der Waals surface area (Å²) in [5.74, 6) is 1.03. The average Bonchev–Trinajstić information content (AvgIpc) is 2.52. The van der Waals surface area contributed by atoms with Crippen LogP contribution in [0.15, 0.2) is 48.5 Å². The molecule has 0 bridgehead atoms. The molecule has 0 saturated carbocycles. The summed E-state index contributed by atoms with van der Waals surface area (Å²) in [6, 6.07) is 17.1. The van der Waals surface area contributed by atoms with Gasteiger partial charge in [0.05, 0.1) is 19.7 Å². The van der Waals surface area contributed by atoms with Crippen molar-refractivity contribution >= 4 is 0 Å². The highest BCUT2D eigenvalue weighted by Crippen LogP contribution is 2.18. The summed E-state index contributed by atoms with van der Waals surface area (Å²) in [7, 11) is 0. The molecule has 0 atom stereocenters. The second-order valence-corrected chi connectivity index (χ2v) is 5.93. The molecule has 2 rings (SSSR count). The number of nitrogens with two attached hydrogens (primary N) is 1. The summed E-state index contributed by atoms with van der Waals surface area (Å²) in [5, 5.41) is 2.41. The van der Waals surface area contributed by atoms with E-state index < -0.39 is 0 Å². The maximum atomic E-state index is 5.85. The number of aryl methyl sites for hydroxylation is 2. The Balaban J connectivity index is 1.51. The molecule has 2 heteroatoms. The van der Waals surface area contributed by atoms with Gasteiger partial charge in [-0.1, -0.05) is 48.0 Å². The van der Waals surface area contributed by atoms with E-state index in [1.807, 2.05) is 0 Å². The van der Waals surface area contributed by atoms with Gasteiger partial charge in [-0.25, -0.2) is 0 Å². The Kier molecular flexibility index (Phi) is 6.98. The van der Waals surface area contributed by atoms with Crippen molar-refractivity contribution in [3.8, 4) is 5.75 Å². The highest BCUT2D eigenvalue weighted by molar-refractivity contribution is 5.35. The molecule has 2 nitrogen and oxygen atoms in total. The lowest BCUT2D eigenvalue weighted by Gasteiger charge is -2.09. The molecule has 22 heavy (non-hydrogen) atoms. The molecule has 0 unspecified atom stereocenters. The van der Waals surface area contributed by atoms with E-state index in [1.165, 1.54) is 36.2 Å². The molecule has 0 aliphatic carbocycles. The zero-order chi connectivity index (χ0) is 15.6. The molecule has 0 fully saturated rings. The average molecular weight is 298 g/mol. The van der Waals surface area contributed by atoms with Crippen molar-refractivity contribution in [1.82, 2.24) is 0 Å². The van der Waals surface area contributed by atoms with E-state index in [4.69, 9.17) is 4.74 Å². The maximum Gasteiger partial charge on any atom is 0.122 e. The highest BCUT2D eigenvalue weighted by Gasteiger charge is 2.00. The Labute approximate surface area is 134 Å². The summed E-state index contributed by atoms with van der Waals surface area (Å²) >= 11 is 0. The van der Waals surface area contributed by atoms with Crippen molar-refractivity contribution in [2.24, 2.45) is 0 Å². The third-order valence-corrected chi connectivity index (χ3v) is 3.87. The van der Waals surface area contributed by atoms with E-state index in [9.17, 15) is 0 Å². The topological polar surface area (TPSA) is 25.8 Å². The van der Waals surface area contributed by atoms with Crippen LogP contribution in [0.1, 0.15) is 29.5 Å². The Morgan fingerprint density at radius 2 is 1.73 bits per heavy atom. The van der Waals surface area contributed by atoms with Crippen LogP contribution < -0.4 is 10.1 Å². The Morgan fingerprint density at radius 1 is 0.909 bits per heavy atom. The number of rotatable bonds is 9. The monoisotopic (exact) mass is 298 g/mol. The van der Waals surface area contributed by atoms with Gasteiger partial charge in [-0.15, -0.1) is 0 Å². The fraction of sp³-hybridized carbons (Fsp3) is 0.400. The first-order valence-corrected chi connectivity index (χ1v) is 8.31. The smallest absolute Gasteiger partial charge is 0.122 e. The van der Waals surface area contributed by atoms with Crippen LogP contribution in [-0.2, 0) is 6.42 Å². The van der Waals surface area contributed by atoms with Crippen LogP contribution in [0.2, 0.25) is 0 Å². The predicted molar refractivity (Wildman–Crippen MR) is 92.5 cm³/mol. The summed E-state index contributed by atoms with van der Waals surface area (Å²) < 4.78 is 5.85. The van der Waals surface area contributed by atoms with Gasteiger partial charge in [0.15, 0.2) is 0 Å². The molecule has 2 aromatic rings. The number of benzene rings is 2. The van der Waals surface area contributed by atoms with Crippen molar-refractivity contribution in [3.05, 3.63) is 65.2 Å². The normalized spacial score (nSPS) is 10.6.